The smallest absolute Gasteiger partial charge is 0.444 e. The van der Waals surface area contributed by atoms with E-state index in [0.717, 1.165) is 99.1 Å². The summed E-state index contributed by atoms with van der Waals surface area (Å²) in [6, 6.07) is 24.2. The van der Waals surface area contributed by atoms with Gasteiger partial charge in [-0.05, 0) is 169 Å². The predicted molar refractivity (Wildman–Crippen MR) is 340 cm³/mol. The van der Waals surface area contributed by atoms with Gasteiger partial charge in [0.05, 0.1) is 46.0 Å². The van der Waals surface area contributed by atoms with E-state index < -0.39 is 18.3 Å². The van der Waals surface area contributed by atoms with Gasteiger partial charge in [-0.2, -0.15) is 0 Å². The number of carbonyl (C=O) groups is 2. The quantitative estimate of drug-likeness (QED) is 0.148. The molecule has 0 unspecified atom stereocenters. The van der Waals surface area contributed by atoms with Crippen molar-refractivity contribution in [1.29, 1.82) is 0 Å². The maximum atomic E-state index is 12.4. The third kappa shape index (κ3) is 13.4. The summed E-state index contributed by atoms with van der Waals surface area (Å²) in [5.74, 6) is 1.75. The summed E-state index contributed by atoms with van der Waals surface area (Å²) in [4.78, 5) is 74.9. The number of ether oxygens (including phenoxy) is 2. The Morgan fingerprint density at radius 2 is 0.988 bits per heavy atom. The number of aromatic amines is 2. The first-order valence-electron chi connectivity index (χ1n) is 28.8. The number of rotatable bonds is 6. The monoisotopic (exact) mass is 1220 g/mol. The van der Waals surface area contributed by atoms with Crippen LogP contribution >= 0.6 is 15.9 Å². The van der Waals surface area contributed by atoms with Gasteiger partial charge >= 0.3 is 19.3 Å². The summed E-state index contributed by atoms with van der Waals surface area (Å²) >= 11 is 3.46. The molecule has 2 N–H and O–H groups in total. The van der Waals surface area contributed by atoms with E-state index in [1.807, 2.05) is 149 Å². The number of anilines is 2. The lowest BCUT2D eigenvalue weighted by Crippen LogP contribution is -2.50. The van der Waals surface area contributed by atoms with Crippen LogP contribution in [0.15, 0.2) is 139 Å². The molecule has 13 rings (SSSR count). The molecular formula is C64H70BBrN14O6. The molecule has 0 spiro atoms. The highest BCUT2D eigenvalue weighted by Gasteiger charge is 2.52. The van der Waals surface area contributed by atoms with E-state index in [0.29, 0.717) is 52.4 Å². The highest BCUT2D eigenvalue weighted by atomic mass is 79.9. The third-order valence-corrected chi connectivity index (χ3v) is 15.9. The second kappa shape index (κ2) is 24.0. The van der Waals surface area contributed by atoms with Crippen molar-refractivity contribution in [3.05, 3.63) is 139 Å². The van der Waals surface area contributed by atoms with Gasteiger partial charge in [-0.3, -0.25) is 19.9 Å². The number of piperazine rings is 2. The number of hydrogen-bond acceptors (Lipinski definition) is 16. The van der Waals surface area contributed by atoms with Crippen molar-refractivity contribution < 1.29 is 28.4 Å². The van der Waals surface area contributed by atoms with Crippen LogP contribution in [0.4, 0.5) is 21.2 Å². The topological polar surface area (TPSA) is 219 Å². The largest absolute Gasteiger partial charge is 0.495 e. The van der Waals surface area contributed by atoms with Crippen LogP contribution in [-0.4, -0.2) is 154 Å². The van der Waals surface area contributed by atoms with Gasteiger partial charge in [0, 0.05) is 145 Å². The number of fused-ring (bicyclic) bond motifs is 6. The Hall–Kier alpha value is -8.60. The summed E-state index contributed by atoms with van der Waals surface area (Å²) in [7, 11) is -0.408. The molecular weight excluding hydrogens is 1150 g/mol. The van der Waals surface area contributed by atoms with E-state index in [9.17, 15) is 9.59 Å². The molecule has 0 aromatic carbocycles. The van der Waals surface area contributed by atoms with Gasteiger partial charge < -0.3 is 48.4 Å². The minimum absolute atomic E-state index is 0.258. The first-order chi connectivity index (χ1) is 41.0. The fraction of sp³-hybridized carbons (Fsp3) is 0.344. The van der Waals surface area contributed by atoms with Crippen LogP contribution in [0.2, 0.25) is 0 Å². The van der Waals surface area contributed by atoms with E-state index in [-0.39, 0.29) is 23.4 Å². The molecule has 3 aliphatic rings. The van der Waals surface area contributed by atoms with Gasteiger partial charge in [0.2, 0.25) is 0 Å². The number of amides is 2. The molecule has 20 nitrogen and oxygen atoms in total. The van der Waals surface area contributed by atoms with Crippen molar-refractivity contribution in [1.82, 2.24) is 59.6 Å². The number of halogens is 1. The first-order valence-corrected chi connectivity index (χ1v) is 29.6. The maximum Gasteiger partial charge on any atom is 0.495 e. The highest BCUT2D eigenvalue weighted by Crippen LogP contribution is 2.37. The third-order valence-electron chi connectivity index (χ3n) is 15.4. The normalized spacial score (nSPS) is 16.0. The van der Waals surface area contributed by atoms with Crippen LogP contribution in [-0.2, 0) is 18.8 Å². The molecule has 0 atom stereocenters. The molecule has 0 bridgehead atoms. The number of nitrogens with zero attached hydrogens (tertiary/aromatic N) is 12. The average molecular weight is 1220 g/mol. The Bertz CT molecular complexity index is 4050. The van der Waals surface area contributed by atoms with E-state index in [2.05, 4.69) is 101 Å². The predicted octanol–water partition coefficient (Wildman–Crippen LogP) is 11.7. The van der Waals surface area contributed by atoms with Crippen molar-refractivity contribution in [3.8, 4) is 33.6 Å². The molecule has 10 aromatic heterocycles. The van der Waals surface area contributed by atoms with Crippen molar-refractivity contribution in [2.45, 2.75) is 91.6 Å². The number of pyridine rings is 8. The molecule has 22 heteroatoms. The van der Waals surface area contributed by atoms with E-state index >= 15 is 0 Å². The maximum absolute atomic E-state index is 12.4. The highest BCUT2D eigenvalue weighted by molar-refractivity contribution is 9.10. The minimum atomic E-state index is -0.499. The Morgan fingerprint density at radius 1 is 0.512 bits per heavy atom. The lowest BCUT2D eigenvalue weighted by Gasteiger charge is -2.36. The zero-order chi connectivity index (χ0) is 60.5. The summed E-state index contributed by atoms with van der Waals surface area (Å²) in [5, 5.41) is 4.30. The standard InChI is InChI=1S/C29H29N7O2.C20H32BN3O4.C15H9BrN4/c1-29(2,3)38-28(37)36-11-9-35(10-12-36)26-14-19(6-8-31-26)21-13-23-22-15-24(20-5-4-7-30-16-20)32-18-25(22)34-27(23)33-17-21;1-18(2,3)26-17(25)24-12-10-23(11-13-24)16-14-15(8-9-22-16)21-27-19(4,5)20(6,7)28-21;16-10-4-12-11-5-13(9-2-1-3-17-6-9)18-8-14(11)20-15(12)19-7-10/h4-8,13-18H,9-12H2,1-3H3,(H,33,34);8-9,14H,10-13H2,1-7H3;1-8H,(H,19,20). The van der Waals surface area contributed by atoms with Crippen molar-refractivity contribution >= 4 is 96.2 Å². The van der Waals surface area contributed by atoms with Crippen molar-refractivity contribution in [3.63, 3.8) is 0 Å². The van der Waals surface area contributed by atoms with Crippen LogP contribution in [0.25, 0.3) is 77.5 Å². The lowest BCUT2D eigenvalue weighted by atomic mass is 9.79. The van der Waals surface area contributed by atoms with E-state index in [1.165, 1.54) is 0 Å². The van der Waals surface area contributed by atoms with Gasteiger partial charge in [-0.25, -0.2) is 29.5 Å². The molecule has 442 valence electrons. The Labute approximate surface area is 508 Å². The molecule has 3 saturated heterocycles. The van der Waals surface area contributed by atoms with Gasteiger partial charge in [0.1, 0.15) is 34.1 Å². The summed E-state index contributed by atoms with van der Waals surface area (Å²) in [6.45, 7) is 24.7. The number of nitrogens with one attached hydrogen (secondary N) is 2. The van der Waals surface area contributed by atoms with Crippen LogP contribution < -0.4 is 15.3 Å². The molecule has 3 fully saturated rings. The summed E-state index contributed by atoms with van der Waals surface area (Å²) in [6.07, 6.45) is 17.6. The van der Waals surface area contributed by atoms with Gasteiger partial charge in [0.25, 0.3) is 0 Å². The second-order valence-corrected chi connectivity index (χ2v) is 25.4. The SMILES string of the molecule is Brc1cnc2[nH]c3cnc(-c4cccnc4)cc3c2c1.CC(C)(C)OC(=O)N1CCN(c2cc(-c3cnc4[nH]c5cnc(-c6cccnc6)cc5c4c3)ccn2)CC1.CC(C)(C)OC(=O)N1CCN(c2cc(B3OC(C)(C)C(C)(C)O3)ccn2)CC1. The van der Waals surface area contributed by atoms with Crippen LogP contribution in [0.1, 0.15) is 69.2 Å². The summed E-state index contributed by atoms with van der Waals surface area (Å²) in [5.41, 5.74) is 8.64. The first kappa shape index (κ1) is 59.1. The molecule has 0 aliphatic carbocycles. The zero-order valence-electron chi connectivity index (χ0n) is 50.1. The molecule has 10 aromatic rings. The van der Waals surface area contributed by atoms with Gasteiger partial charge in [0.15, 0.2) is 0 Å². The Kier molecular flexibility index (Phi) is 16.5. The average Bonchev–Trinajstić information content (AvgIpc) is 1.80. The van der Waals surface area contributed by atoms with Crippen LogP contribution in [0, 0.1) is 0 Å². The molecule has 3 aliphatic heterocycles. The number of carbonyl (C=O) groups excluding carboxylic acids is 2. The van der Waals surface area contributed by atoms with Crippen LogP contribution in [0.5, 0.6) is 0 Å². The van der Waals surface area contributed by atoms with Gasteiger partial charge in [-0.1, -0.05) is 0 Å². The molecule has 2 amide bonds. The molecule has 0 saturated carbocycles. The molecule has 86 heavy (non-hydrogen) atoms. The number of hydrogen-bond donors (Lipinski definition) is 2. The van der Waals surface area contributed by atoms with E-state index in [4.69, 9.17) is 23.8 Å². The fourth-order valence-corrected chi connectivity index (χ4v) is 10.6. The van der Waals surface area contributed by atoms with Crippen molar-refractivity contribution in [2.75, 3.05) is 62.2 Å². The van der Waals surface area contributed by atoms with Gasteiger partial charge in [-0.15, -0.1) is 0 Å². The molecule has 0 radical (unpaired) electrons. The molecule has 13 heterocycles. The lowest BCUT2D eigenvalue weighted by molar-refractivity contribution is 0.00578. The Morgan fingerprint density at radius 3 is 1.48 bits per heavy atom. The van der Waals surface area contributed by atoms with Crippen LogP contribution in [0.3, 0.4) is 0 Å². The summed E-state index contributed by atoms with van der Waals surface area (Å²) < 4.78 is 24.2. The second-order valence-electron chi connectivity index (χ2n) is 24.5. The number of H-pyrrole nitrogens is 2. The van der Waals surface area contributed by atoms with Crippen molar-refractivity contribution in [2.24, 2.45) is 0 Å². The minimum Gasteiger partial charge on any atom is -0.444 e. The zero-order valence-corrected chi connectivity index (χ0v) is 51.7. The Balaban J connectivity index is 0.000000141. The number of aromatic nitrogens is 10. The van der Waals surface area contributed by atoms with E-state index in [1.54, 1.807) is 34.6 Å². The fourth-order valence-electron chi connectivity index (χ4n) is 10.2.